The van der Waals surface area contributed by atoms with Gasteiger partial charge in [0.05, 0.1) is 0 Å². The number of nitrogens with one attached hydrogen (secondary N) is 1. The van der Waals surface area contributed by atoms with Gasteiger partial charge in [0, 0.05) is 18.6 Å². The predicted octanol–water partition coefficient (Wildman–Crippen LogP) is 3.08. The lowest BCUT2D eigenvalue weighted by atomic mass is 10.0. The summed E-state index contributed by atoms with van der Waals surface area (Å²) < 4.78 is 0. The molecule has 1 saturated heterocycles. The molecule has 0 spiro atoms. The second-order valence-electron chi connectivity index (χ2n) is 5.96. The molecule has 0 amide bonds. The first-order valence-corrected chi connectivity index (χ1v) is 7.73. The van der Waals surface area contributed by atoms with Crippen molar-refractivity contribution in [3.63, 3.8) is 0 Å². The Bertz CT molecular complexity index is 344. The average Bonchev–Trinajstić information content (AvgIpc) is 2.47. The molecule has 1 aliphatic heterocycles. The van der Waals surface area contributed by atoms with Gasteiger partial charge < -0.3 is 10.2 Å². The summed E-state index contributed by atoms with van der Waals surface area (Å²) in [6.45, 7) is 4.75. The van der Waals surface area contributed by atoms with Crippen LogP contribution in [0.15, 0.2) is 30.3 Å². The van der Waals surface area contributed by atoms with E-state index >= 15 is 0 Å². The molecule has 0 bridgehead atoms. The van der Waals surface area contributed by atoms with Crippen LogP contribution in [0.5, 0.6) is 0 Å². The summed E-state index contributed by atoms with van der Waals surface area (Å²) in [5, 5.41) is 3.64. The van der Waals surface area contributed by atoms with Crippen molar-refractivity contribution in [2.45, 2.75) is 51.1 Å². The zero-order valence-electron chi connectivity index (χ0n) is 12.4. The summed E-state index contributed by atoms with van der Waals surface area (Å²) in [6.07, 6.45) is 6.51. The van der Waals surface area contributed by atoms with Gasteiger partial charge in [0.1, 0.15) is 0 Å². The van der Waals surface area contributed by atoms with E-state index in [1.807, 2.05) is 0 Å². The zero-order chi connectivity index (χ0) is 13.5. The second kappa shape index (κ2) is 7.66. The van der Waals surface area contributed by atoms with Crippen LogP contribution < -0.4 is 5.32 Å². The normalized spacial score (nSPS) is 21.5. The van der Waals surface area contributed by atoms with Crippen molar-refractivity contribution in [3.8, 4) is 0 Å². The molecule has 0 aliphatic carbocycles. The first-order valence-electron chi connectivity index (χ1n) is 7.73. The number of piperidine rings is 1. The molecule has 1 aromatic rings. The first kappa shape index (κ1) is 14.5. The quantitative estimate of drug-likeness (QED) is 0.845. The van der Waals surface area contributed by atoms with E-state index in [2.05, 4.69) is 54.5 Å². The lowest BCUT2D eigenvalue weighted by Crippen LogP contribution is -2.45. The van der Waals surface area contributed by atoms with Gasteiger partial charge in [-0.05, 0) is 51.8 Å². The summed E-state index contributed by atoms with van der Waals surface area (Å²) in [7, 11) is 2.27. The van der Waals surface area contributed by atoms with Gasteiger partial charge in [0.15, 0.2) is 0 Å². The lowest BCUT2D eigenvalue weighted by Gasteiger charge is -2.31. The summed E-state index contributed by atoms with van der Waals surface area (Å²) >= 11 is 0. The maximum atomic E-state index is 3.64. The molecule has 2 heteroatoms. The van der Waals surface area contributed by atoms with Crippen LogP contribution in [0.4, 0.5) is 0 Å². The Kier molecular flexibility index (Phi) is 5.87. The van der Waals surface area contributed by atoms with Crippen LogP contribution in [-0.4, -0.2) is 37.1 Å². The topological polar surface area (TPSA) is 15.3 Å². The number of rotatable bonds is 6. The molecule has 1 N–H and O–H groups in total. The van der Waals surface area contributed by atoms with Crippen LogP contribution in [-0.2, 0) is 6.42 Å². The molecule has 2 nitrogen and oxygen atoms in total. The van der Waals surface area contributed by atoms with Crippen molar-refractivity contribution >= 4 is 0 Å². The third-order valence-electron chi connectivity index (χ3n) is 4.37. The van der Waals surface area contributed by atoms with E-state index < -0.39 is 0 Å². The molecule has 0 saturated carbocycles. The highest BCUT2D eigenvalue weighted by atomic mass is 15.1. The second-order valence-corrected chi connectivity index (χ2v) is 5.96. The van der Waals surface area contributed by atoms with Crippen molar-refractivity contribution < 1.29 is 0 Å². The molecule has 1 aromatic carbocycles. The monoisotopic (exact) mass is 260 g/mol. The average molecular weight is 260 g/mol. The number of aryl methyl sites for hydroxylation is 1. The molecule has 2 unspecified atom stereocenters. The standard InChI is InChI=1S/C17H28N2/c1-15(11-12-16-8-4-3-5-9-16)19(2)14-17-10-6-7-13-18-17/h3-5,8-9,15,17-18H,6-7,10-14H2,1-2H3. The third kappa shape index (κ3) is 4.96. The number of nitrogens with zero attached hydrogens (tertiary/aromatic N) is 1. The molecule has 2 rings (SSSR count). The first-order chi connectivity index (χ1) is 9.25. The summed E-state index contributed by atoms with van der Waals surface area (Å²) in [4.78, 5) is 2.52. The predicted molar refractivity (Wildman–Crippen MR) is 82.5 cm³/mol. The largest absolute Gasteiger partial charge is 0.313 e. The molecule has 1 fully saturated rings. The van der Waals surface area contributed by atoms with Gasteiger partial charge in [-0.3, -0.25) is 0 Å². The summed E-state index contributed by atoms with van der Waals surface area (Å²) in [6, 6.07) is 12.2. The minimum absolute atomic E-state index is 0.656. The summed E-state index contributed by atoms with van der Waals surface area (Å²) in [5.74, 6) is 0. The van der Waals surface area contributed by atoms with E-state index in [1.54, 1.807) is 0 Å². The molecule has 1 heterocycles. The van der Waals surface area contributed by atoms with E-state index in [9.17, 15) is 0 Å². The fraction of sp³-hybridized carbons (Fsp3) is 0.647. The SMILES string of the molecule is CC(CCc1ccccc1)N(C)CC1CCCCN1. The fourth-order valence-corrected chi connectivity index (χ4v) is 2.85. The minimum Gasteiger partial charge on any atom is -0.313 e. The minimum atomic E-state index is 0.656. The maximum Gasteiger partial charge on any atom is 0.0195 e. The highest BCUT2D eigenvalue weighted by Crippen LogP contribution is 2.12. The highest BCUT2D eigenvalue weighted by Gasteiger charge is 2.17. The molecule has 2 atom stereocenters. The molecule has 1 aliphatic rings. The summed E-state index contributed by atoms with van der Waals surface area (Å²) in [5.41, 5.74) is 1.46. The van der Waals surface area contributed by atoms with Crippen molar-refractivity contribution in [2.24, 2.45) is 0 Å². The van der Waals surface area contributed by atoms with Gasteiger partial charge in [-0.25, -0.2) is 0 Å². The molecular weight excluding hydrogens is 232 g/mol. The van der Waals surface area contributed by atoms with E-state index in [1.165, 1.54) is 50.8 Å². The van der Waals surface area contributed by atoms with E-state index in [-0.39, 0.29) is 0 Å². The maximum absolute atomic E-state index is 3.64. The molecular formula is C17H28N2. The van der Waals surface area contributed by atoms with E-state index in [4.69, 9.17) is 0 Å². The Labute approximate surface area is 118 Å². The van der Waals surface area contributed by atoms with Gasteiger partial charge in [0.25, 0.3) is 0 Å². The van der Waals surface area contributed by atoms with Gasteiger partial charge in [-0.1, -0.05) is 36.8 Å². The third-order valence-corrected chi connectivity index (χ3v) is 4.37. The van der Waals surface area contributed by atoms with Crippen LogP contribution in [0.1, 0.15) is 38.2 Å². The van der Waals surface area contributed by atoms with Gasteiger partial charge in [-0.15, -0.1) is 0 Å². The lowest BCUT2D eigenvalue weighted by molar-refractivity contribution is 0.205. The Hall–Kier alpha value is -0.860. The van der Waals surface area contributed by atoms with Gasteiger partial charge in [0.2, 0.25) is 0 Å². The Morgan fingerprint density at radius 2 is 2.05 bits per heavy atom. The van der Waals surface area contributed by atoms with Crippen molar-refractivity contribution in [2.75, 3.05) is 20.1 Å². The molecule has 19 heavy (non-hydrogen) atoms. The highest BCUT2D eigenvalue weighted by molar-refractivity contribution is 5.14. The smallest absolute Gasteiger partial charge is 0.0195 e. The number of benzene rings is 1. The number of likely N-dealkylation sites (N-methyl/N-ethyl adjacent to an activating group) is 1. The van der Waals surface area contributed by atoms with Crippen molar-refractivity contribution in [1.29, 1.82) is 0 Å². The number of hydrogen-bond donors (Lipinski definition) is 1. The Morgan fingerprint density at radius 1 is 1.26 bits per heavy atom. The van der Waals surface area contributed by atoms with Crippen molar-refractivity contribution in [3.05, 3.63) is 35.9 Å². The van der Waals surface area contributed by atoms with Gasteiger partial charge in [-0.2, -0.15) is 0 Å². The molecule has 0 radical (unpaired) electrons. The van der Waals surface area contributed by atoms with Crippen LogP contribution in [0.25, 0.3) is 0 Å². The van der Waals surface area contributed by atoms with Crippen LogP contribution in [0.3, 0.4) is 0 Å². The van der Waals surface area contributed by atoms with Crippen molar-refractivity contribution in [1.82, 2.24) is 10.2 Å². The van der Waals surface area contributed by atoms with E-state index in [0.717, 1.165) is 0 Å². The Morgan fingerprint density at radius 3 is 2.74 bits per heavy atom. The zero-order valence-corrected chi connectivity index (χ0v) is 12.4. The molecule has 106 valence electrons. The van der Waals surface area contributed by atoms with Crippen LogP contribution >= 0.6 is 0 Å². The fourth-order valence-electron chi connectivity index (χ4n) is 2.85. The number of hydrogen-bond acceptors (Lipinski definition) is 2. The Balaban J connectivity index is 1.71. The molecule has 0 aromatic heterocycles. The van der Waals surface area contributed by atoms with Gasteiger partial charge >= 0.3 is 0 Å². The van der Waals surface area contributed by atoms with Crippen LogP contribution in [0, 0.1) is 0 Å². The van der Waals surface area contributed by atoms with Crippen LogP contribution in [0.2, 0.25) is 0 Å². The van der Waals surface area contributed by atoms with E-state index in [0.29, 0.717) is 12.1 Å².